The fraction of sp³-hybridized carbons (Fsp3) is 0.600. The maximum Gasteiger partial charge on any atom is 0.0136 e. The summed E-state index contributed by atoms with van der Waals surface area (Å²) in [5, 5.41) is 0. The highest BCUT2D eigenvalue weighted by Crippen LogP contribution is 2.20. The lowest BCUT2D eigenvalue weighted by Gasteiger charge is -2.35. The monoisotopic (exact) mass is 217 g/mol. The van der Waals surface area contributed by atoms with Crippen molar-refractivity contribution in [1.82, 2.24) is 4.90 Å². The second kappa shape index (κ2) is 6.05. The first-order chi connectivity index (χ1) is 7.90. The van der Waals surface area contributed by atoms with E-state index in [1.807, 2.05) is 0 Å². The van der Waals surface area contributed by atoms with Crippen LogP contribution in [-0.4, -0.2) is 24.0 Å². The first-order valence-electron chi connectivity index (χ1n) is 6.68. The SMILES string of the molecule is CCCN1CCCCC1Cc1ccccc1. The molecule has 0 saturated carbocycles. The first-order valence-corrected chi connectivity index (χ1v) is 6.68. The summed E-state index contributed by atoms with van der Waals surface area (Å²) in [6.07, 6.45) is 6.71. The van der Waals surface area contributed by atoms with Gasteiger partial charge in [-0.25, -0.2) is 0 Å². The van der Waals surface area contributed by atoms with Crippen molar-refractivity contribution in [2.45, 2.75) is 45.1 Å². The summed E-state index contributed by atoms with van der Waals surface area (Å²) in [6, 6.07) is 11.7. The van der Waals surface area contributed by atoms with Crippen molar-refractivity contribution in [3.8, 4) is 0 Å². The molecule has 1 aromatic carbocycles. The van der Waals surface area contributed by atoms with Gasteiger partial charge in [-0.2, -0.15) is 0 Å². The largest absolute Gasteiger partial charge is 0.300 e. The van der Waals surface area contributed by atoms with Crippen LogP contribution >= 0.6 is 0 Å². The minimum atomic E-state index is 0.788. The summed E-state index contributed by atoms with van der Waals surface area (Å²) in [5.74, 6) is 0. The molecule has 1 saturated heterocycles. The van der Waals surface area contributed by atoms with Crippen molar-refractivity contribution < 1.29 is 0 Å². The van der Waals surface area contributed by atoms with Crippen LogP contribution in [0.5, 0.6) is 0 Å². The average Bonchev–Trinajstić information content (AvgIpc) is 2.33. The van der Waals surface area contributed by atoms with Crippen LogP contribution in [0.25, 0.3) is 0 Å². The highest BCUT2D eigenvalue weighted by molar-refractivity contribution is 5.16. The van der Waals surface area contributed by atoms with Gasteiger partial charge in [0.25, 0.3) is 0 Å². The predicted molar refractivity (Wildman–Crippen MR) is 69.6 cm³/mol. The lowest BCUT2D eigenvalue weighted by Crippen LogP contribution is -2.41. The highest BCUT2D eigenvalue weighted by Gasteiger charge is 2.21. The molecule has 0 N–H and O–H groups in total. The topological polar surface area (TPSA) is 3.24 Å². The van der Waals surface area contributed by atoms with Crippen LogP contribution in [0.3, 0.4) is 0 Å². The van der Waals surface area contributed by atoms with E-state index < -0.39 is 0 Å². The van der Waals surface area contributed by atoms with Crippen LogP contribution in [0, 0.1) is 0 Å². The Bertz CT molecular complexity index is 292. The van der Waals surface area contributed by atoms with Crippen molar-refractivity contribution in [3.63, 3.8) is 0 Å². The molecule has 0 bridgehead atoms. The van der Waals surface area contributed by atoms with Gasteiger partial charge in [-0.05, 0) is 44.3 Å². The lowest BCUT2D eigenvalue weighted by atomic mass is 9.95. The predicted octanol–water partition coefficient (Wildman–Crippen LogP) is 3.49. The van der Waals surface area contributed by atoms with E-state index >= 15 is 0 Å². The number of benzene rings is 1. The maximum absolute atomic E-state index is 2.69. The Morgan fingerprint density at radius 1 is 1.19 bits per heavy atom. The summed E-state index contributed by atoms with van der Waals surface area (Å²) in [6.45, 7) is 4.87. The van der Waals surface area contributed by atoms with Gasteiger partial charge >= 0.3 is 0 Å². The second-order valence-corrected chi connectivity index (χ2v) is 4.88. The molecule has 0 spiro atoms. The second-order valence-electron chi connectivity index (χ2n) is 4.88. The zero-order valence-electron chi connectivity index (χ0n) is 10.4. The number of rotatable bonds is 4. The third kappa shape index (κ3) is 3.08. The number of piperidine rings is 1. The quantitative estimate of drug-likeness (QED) is 0.746. The molecule has 1 heterocycles. The molecular weight excluding hydrogens is 194 g/mol. The Hall–Kier alpha value is -0.820. The van der Waals surface area contributed by atoms with Crippen LogP contribution in [0.2, 0.25) is 0 Å². The molecule has 1 aromatic rings. The van der Waals surface area contributed by atoms with Crippen LogP contribution in [0.4, 0.5) is 0 Å². The molecule has 0 radical (unpaired) electrons. The number of likely N-dealkylation sites (tertiary alicyclic amines) is 1. The molecule has 1 atom stereocenters. The lowest BCUT2D eigenvalue weighted by molar-refractivity contribution is 0.147. The maximum atomic E-state index is 2.69. The van der Waals surface area contributed by atoms with Gasteiger partial charge < -0.3 is 4.90 Å². The van der Waals surface area contributed by atoms with Crippen molar-refractivity contribution in [1.29, 1.82) is 0 Å². The molecule has 0 aromatic heterocycles. The van der Waals surface area contributed by atoms with Crippen molar-refractivity contribution in [2.75, 3.05) is 13.1 Å². The van der Waals surface area contributed by atoms with Gasteiger partial charge in [0.1, 0.15) is 0 Å². The molecule has 2 rings (SSSR count). The van der Waals surface area contributed by atoms with Gasteiger partial charge in [0.05, 0.1) is 0 Å². The number of nitrogens with zero attached hydrogens (tertiary/aromatic N) is 1. The molecule has 88 valence electrons. The molecule has 0 aliphatic carbocycles. The molecule has 0 amide bonds. The Labute approximate surface area is 99.5 Å². The number of hydrogen-bond acceptors (Lipinski definition) is 1. The van der Waals surface area contributed by atoms with Crippen molar-refractivity contribution in [3.05, 3.63) is 35.9 Å². The molecular formula is C15H23N. The third-order valence-corrected chi connectivity index (χ3v) is 3.57. The van der Waals surface area contributed by atoms with Gasteiger partial charge in [-0.1, -0.05) is 43.7 Å². The van der Waals surface area contributed by atoms with Gasteiger partial charge in [-0.3, -0.25) is 0 Å². The van der Waals surface area contributed by atoms with Crippen molar-refractivity contribution in [2.24, 2.45) is 0 Å². The average molecular weight is 217 g/mol. The smallest absolute Gasteiger partial charge is 0.0136 e. The molecule has 16 heavy (non-hydrogen) atoms. The summed E-state index contributed by atoms with van der Waals surface area (Å²) < 4.78 is 0. The van der Waals surface area contributed by atoms with Crippen LogP contribution in [-0.2, 0) is 6.42 Å². The Balaban J connectivity index is 1.96. The van der Waals surface area contributed by atoms with E-state index in [-0.39, 0.29) is 0 Å². The van der Waals surface area contributed by atoms with E-state index in [1.165, 1.54) is 50.8 Å². The summed E-state index contributed by atoms with van der Waals surface area (Å²) in [7, 11) is 0. The van der Waals surface area contributed by atoms with E-state index in [2.05, 4.69) is 42.2 Å². The molecule has 1 aliphatic rings. The molecule has 1 aliphatic heterocycles. The molecule has 1 heteroatoms. The van der Waals surface area contributed by atoms with Gasteiger partial charge in [0, 0.05) is 6.04 Å². The minimum Gasteiger partial charge on any atom is -0.300 e. The highest BCUT2D eigenvalue weighted by atomic mass is 15.2. The molecule has 1 nitrogen and oxygen atoms in total. The molecule has 1 fully saturated rings. The zero-order chi connectivity index (χ0) is 11.2. The van der Waals surface area contributed by atoms with E-state index in [0.29, 0.717) is 0 Å². The zero-order valence-corrected chi connectivity index (χ0v) is 10.4. The standard InChI is InChI=1S/C15H23N/c1-2-11-16-12-7-6-10-15(16)13-14-8-4-3-5-9-14/h3-5,8-9,15H,2,6-7,10-13H2,1H3. The van der Waals surface area contributed by atoms with Crippen LogP contribution < -0.4 is 0 Å². The van der Waals surface area contributed by atoms with E-state index in [4.69, 9.17) is 0 Å². The third-order valence-electron chi connectivity index (χ3n) is 3.57. The number of hydrogen-bond donors (Lipinski definition) is 0. The van der Waals surface area contributed by atoms with E-state index in [1.54, 1.807) is 0 Å². The minimum absolute atomic E-state index is 0.788. The van der Waals surface area contributed by atoms with Gasteiger partial charge in [-0.15, -0.1) is 0 Å². The van der Waals surface area contributed by atoms with Crippen molar-refractivity contribution >= 4 is 0 Å². The summed E-state index contributed by atoms with van der Waals surface area (Å²) >= 11 is 0. The van der Waals surface area contributed by atoms with Crippen LogP contribution in [0.1, 0.15) is 38.2 Å². The Kier molecular flexibility index (Phi) is 4.41. The van der Waals surface area contributed by atoms with Gasteiger partial charge in [0.2, 0.25) is 0 Å². The Morgan fingerprint density at radius 3 is 2.75 bits per heavy atom. The normalized spacial score (nSPS) is 22.2. The first kappa shape index (κ1) is 11.7. The summed E-state index contributed by atoms with van der Waals surface area (Å²) in [5.41, 5.74) is 1.50. The van der Waals surface area contributed by atoms with E-state index in [0.717, 1.165) is 6.04 Å². The van der Waals surface area contributed by atoms with Gasteiger partial charge in [0.15, 0.2) is 0 Å². The van der Waals surface area contributed by atoms with E-state index in [9.17, 15) is 0 Å². The fourth-order valence-corrected chi connectivity index (χ4v) is 2.76. The Morgan fingerprint density at radius 2 is 2.00 bits per heavy atom. The fourth-order valence-electron chi connectivity index (χ4n) is 2.76. The molecule has 1 unspecified atom stereocenters. The van der Waals surface area contributed by atoms with Crippen LogP contribution in [0.15, 0.2) is 30.3 Å². The summed E-state index contributed by atoms with van der Waals surface area (Å²) in [4.78, 5) is 2.69.